The van der Waals surface area contributed by atoms with Crippen LogP contribution in [0.4, 0.5) is 0 Å². The molecule has 80 valence electrons. The summed E-state index contributed by atoms with van der Waals surface area (Å²) in [6.45, 7) is 6.42. The van der Waals surface area contributed by atoms with E-state index in [0.717, 1.165) is 19.4 Å². The second-order valence-corrected chi connectivity index (χ2v) is 3.53. The smallest absolute Gasteiger partial charge is 0.0690 e. The van der Waals surface area contributed by atoms with E-state index in [1.807, 2.05) is 0 Å². The Hall–Kier alpha value is -0.120. The summed E-state index contributed by atoms with van der Waals surface area (Å²) in [5.41, 5.74) is 0. The molecule has 13 heavy (non-hydrogen) atoms. The molecule has 3 nitrogen and oxygen atoms in total. The maximum absolute atomic E-state index is 9.64. The zero-order valence-corrected chi connectivity index (χ0v) is 9.05. The van der Waals surface area contributed by atoms with E-state index >= 15 is 0 Å². The third-order valence-corrected chi connectivity index (χ3v) is 2.24. The fourth-order valence-corrected chi connectivity index (χ4v) is 1.27. The number of aliphatic hydroxyl groups is 1. The van der Waals surface area contributed by atoms with E-state index in [0.29, 0.717) is 19.1 Å². The minimum absolute atomic E-state index is 0.225. The van der Waals surface area contributed by atoms with Crippen LogP contribution in [0.25, 0.3) is 0 Å². The van der Waals surface area contributed by atoms with Gasteiger partial charge in [-0.3, -0.25) is 0 Å². The average Bonchev–Trinajstić information content (AvgIpc) is 2.12. The van der Waals surface area contributed by atoms with Gasteiger partial charge in [-0.05, 0) is 12.3 Å². The zero-order valence-electron chi connectivity index (χ0n) is 9.05. The molecule has 0 fully saturated rings. The van der Waals surface area contributed by atoms with E-state index in [9.17, 15) is 5.11 Å². The van der Waals surface area contributed by atoms with E-state index in [-0.39, 0.29) is 6.10 Å². The third kappa shape index (κ3) is 6.99. The molecule has 0 amide bonds. The van der Waals surface area contributed by atoms with Gasteiger partial charge in [0.15, 0.2) is 0 Å². The predicted octanol–water partition coefficient (Wildman–Crippen LogP) is 1.02. The standard InChI is InChI=1S/C10H23NO2/c1-4-5-9(2)10(12)8-11-6-7-13-3/h9-12H,4-8H2,1-3H3. The summed E-state index contributed by atoms with van der Waals surface area (Å²) >= 11 is 0. The highest BCUT2D eigenvalue weighted by Crippen LogP contribution is 2.09. The van der Waals surface area contributed by atoms with Crippen molar-refractivity contribution in [1.82, 2.24) is 5.32 Å². The van der Waals surface area contributed by atoms with Crippen molar-refractivity contribution in [3.8, 4) is 0 Å². The van der Waals surface area contributed by atoms with Crippen molar-refractivity contribution in [2.75, 3.05) is 26.8 Å². The summed E-state index contributed by atoms with van der Waals surface area (Å²) in [5.74, 6) is 0.389. The first-order valence-electron chi connectivity index (χ1n) is 5.10. The van der Waals surface area contributed by atoms with Crippen molar-refractivity contribution in [3.05, 3.63) is 0 Å². The van der Waals surface area contributed by atoms with Crippen LogP contribution < -0.4 is 5.32 Å². The van der Waals surface area contributed by atoms with Gasteiger partial charge in [-0.25, -0.2) is 0 Å². The Kier molecular flexibility index (Phi) is 8.40. The highest BCUT2D eigenvalue weighted by Gasteiger charge is 2.11. The van der Waals surface area contributed by atoms with Crippen LogP contribution in [-0.4, -0.2) is 38.0 Å². The molecular formula is C10H23NO2. The van der Waals surface area contributed by atoms with E-state index in [2.05, 4.69) is 19.2 Å². The SMILES string of the molecule is CCCC(C)C(O)CNCCOC. The first-order valence-corrected chi connectivity index (χ1v) is 5.10. The number of nitrogens with one attached hydrogen (secondary N) is 1. The van der Waals surface area contributed by atoms with Gasteiger partial charge in [0, 0.05) is 20.2 Å². The normalized spacial score (nSPS) is 15.7. The van der Waals surface area contributed by atoms with Crippen LogP contribution in [0, 0.1) is 5.92 Å². The number of methoxy groups -OCH3 is 1. The Balaban J connectivity index is 3.32. The number of hydrogen-bond acceptors (Lipinski definition) is 3. The van der Waals surface area contributed by atoms with Crippen molar-refractivity contribution in [3.63, 3.8) is 0 Å². The Labute approximate surface area is 81.5 Å². The van der Waals surface area contributed by atoms with Crippen molar-refractivity contribution in [2.24, 2.45) is 5.92 Å². The summed E-state index contributed by atoms with van der Waals surface area (Å²) in [4.78, 5) is 0. The highest BCUT2D eigenvalue weighted by molar-refractivity contribution is 4.66. The molecular weight excluding hydrogens is 166 g/mol. The topological polar surface area (TPSA) is 41.5 Å². The van der Waals surface area contributed by atoms with Crippen LogP contribution in [0.1, 0.15) is 26.7 Å². The van der Waals surface area contributed by atoms with Crippen LogP contribution >= 0.6 is 0 Å². The molecule has 2 unspecified atom stereocenters. The molecule has 0 heterocycles. The zero-order chi connectivity index (χ0) is 10.1. The molecule has 0 aliphatic rings. The third-order valence-electron chi connectivity index (χ3n) is 2.24. The summed E-state index contributed by atoms with van der Waals surface area (Å²) in [7, 11) is 1.68. The number of ether oxygens (including phenoxy) is 1. The van der Waals surface area contributed by atoms with E-state index in [1.165, 1.54) is 0 Å². The van der Waals surface area contributed by atoms with Gasteiger partial charge >= 0.3 is 0 Å². The first-order chi connectivity index (χ1) is 6.22. The lowest BCUT2D eigenvalue weighted by atomic mass is 9.99. The summed E-state index contributed by atoms with van der Waals surface area (Å²) in [6, 6.07) is 0. The van der Waals surface area contributed by atoms with Gasteiger partial charge in [0.2, 0.25) is 0 Å². The summed E-state index contributed by atoms with van der Waals surface area (Å²) < 4.78 is 4.89. The lowest BCUT2D eigenvalue weighted by molar-refractivity contribution is 0.106. The van der Waals surface area contributed by atoms with Gasteiger partial charge in [-0.2, -0.15) is 0 Å². The van der Waals surface area contributed by atoms with Gasteiger partial charge in [-0.15, -0.1) is 0 Å². The molecule has 0 aliphatic carbocycles. The maximum Gasteiger partial charge on any atom is 0.0690 e. The molecule has 0 spiro atoms. The fourth-order valence-electron chi connectivity index (χ4n) is 1.27. The predicted molar refractivity (Wildman–Crippen MR) is 54.8 cm³/mol. The Bertz CT molecular complexity index is 109. The molecule has 0 rings (SSSR count). The van der Waals surface area contributed by atoms with Crippen LogP contribution in [-0.2, 0) is 4.74 Å². The van der Waals surface area contributed by atoms with Crippen molar-refractivity contribution >= 4 is 0 Å². The Morgan fingerprint density at radius 3 is 2.69 bits per heavy atom. The Morgan fingerprint density at radius 2 is 2.15 bits per heavy atom. The van der Waals surface area contributed by atoms with Gasteiger partial charge < -0.3 is 15.2 Å². The highest BCUT2D eigenvalue weighted by atomic mass is 16.5. The fraction of sp³-hybridized carbons (Fsp3) is 1.00. The van der Waals surface area contributed by atoms with Crippen molar-refractivity contribution < 1.29 is 9.84 Å². The number of rotatable bonds is 8. The quantitative estimate of drug-likeness (QED) is 0.560. The molecule has 0 saturated carbocycles. The lowest BCUT2D eigenvalue weighted by Gasteiger charge is -2.18. The van der Waals surface area contributed by atoms with Crippen molar-refractivity contribution in [1.29, 1.82) is 0 Å². The molecule has 0 aliphatic heterocycles. The van der Waals surface area contributed by atoms with Gasteiger partial charge in [0.05, 0.1) is 12.7 Å². The molecule has 0 aromatic heterocycles. The summed E-state index contributed by atoms with van der Waals surface area (Å²) in [6.07, 6.45) is 2.00. The van der Waals surface area contributed by atoms with E-state index in [4.69, 9.17) is 4.74 Å². The van der Waals surface area contributed by atoms with Crippen LogP contribution in [0.2, 0.25) is 0 Å². The van der Waals surface area contributed by atoms with Gasteiger partial charge in [0.25, 0.3) is 0 Å². The summed E-state index contributed by atoms with van der Waals surface area (Å²) in [5, 5.41) is 12.8. The molecule has 3 heteroatoms. The molecule has 0 aromatic carbocycles. The van der Waals surface area contributed by atoms with Crippen LogP contribution in [0.3, 0.4) is 0 Å². The second kappa shape index (κ2) is 8.48. The molecule has 0 radical (unpaired) electrons. The molecule has 2 atom stereocenters. The van der Waals surface area contributed by atoms with Crippen molar-refractivity contribution in [2.45, 2.75) is 32.8 Å². The number of aliphatic hydroxyl groups excluding tert-OH is 1. The maximum atomic E-state index is 9.64. The molecule has 0 aromatic rings. The average molecular weight is 189 g/mol. The number of hydrogen-bond donors (Lipinski definition) is 2. The molecule has 2 N–H and O–H groups in total. The Morgan fingerprint density at radius 1 is 1.46 bits per heavy atom. The second-order valence-electron chi connectivity index (χ2n) is 3.53. The largest absolute Gasteiger partial charge is 0.392 e. The lowest BCUT2D eigenvalue weighted by Crippen LogP contribution is -2.33. The molecule has 0 saturated heterocycles. The van der Waals surface area contributed by atoms with Gasteiger partial charge in [0.1, 0.15) is 0 Å². The minimum Gasteiger partial charge on any atom is -0.392 e. The first kappa shape index (κ1) is 12.9. The minimum atomic E-state index is -0.225. The van der Waals surface area contributed by atoms with E-state index < -0.39 is 0 Å². The van der Waals surface area contributed by atoms with E-state index in [1.54, 1.807) is 7.11 Å². The molecule has 0 bridgehead atoms. The monoisotopic (exact) mass is 189 g/mol. The van der Waals surface area contributed by atoms with Gasteiger partial charge in [-0.1, -0.05) is 20.3 Å². The van der Waals surface area contributed by atoms with Crippen LogP contribution in [0.15, 0.2) is 0 Å². The van der Waals surface area contributed by atoms with Crippen LogP contribution in [0.5, 0.6) is 0 Å².